The summed E-state index contributed by atoms with van der Waals surface area (Å²) in [5, 5.41) is 9.08. The summed E-state index contributed by atoms with van der Waals surface area (Å²) >= 11 is 3.36. The van der Waals surface area contributed by atoms with Gasteiger partial charge in [-0.05, 0) is 30.3 Å². The number of ether oxygens (including phenoxy) is 1. The fraction of sp³-hybridized carbons (Fsp3) is 0. The van der Waals surface area contributed by atoms with Gasteiger partial charge in [0.1, 0.15) is 5.75 Å². The third kappa shape index (κ3) is 3.50. The lowest BCUT2D eigenvalue weighted by Gasteiger charge is -2.06. The van der Waals surface area contributed by atoms with E-state index in [1.165, 1.54) is 12.4 Å². The summed E-state index contributed by atoms with van der Waals surface area (Å²) in [4.78, 5) is 16.1. The van der Waals surface area contributed by atoms with Gasteiger partial charge in [-0.2, -0.15) is 5.10 Å². The lowest BCUT2D eigenvalue weighted by atomic mass is 10.2. The molecule has 0 aliphatic rings. The van der Waals surface area contributed by atoms with Crippen LogP contribution in [0.15, 0.2) is 59.5 Å². The van der Waals surface area contributed by atoms with Gasteiger partial charge in [-0.3, -0.25) is 9.89 Å². The first-order valence-corrected chi connectivity index (χ1v) is 7.19. The number of anilines is 1. The van der Waals surface area contributed by atoms with Crippen molar-refractivity contribution in [1.82, 2.24) is 15.2 Å². The van der Waals surface area contributed by atoms with Gasteiger partial charge in [0.15, 0.2) is 0 Å². The van der Waals surface area contributed by atoms with Crippen molar-refractivity contribution >= 4 is 27.5 Å². The third-order valence-corrected chi connectivity index (χ3v) is 3.32. The van der Waals surface area contributed by atoms with Crippen molar-refractivity contribution in [2.24, 2.45) is 0 Å². The summed E-state index contributed by atoms with van der Waals surface area (Å²) in [6.45, 7) is 0. The van der Waals surface area contributed by atoms with Crippen LogP contribution in [0.25, 0.3) is 0 Å². The van der Waals surface area contributed by atoms with Crippen molar-refractivity contribution < 1.29 is 9.53 Å². The minimum Gasteiger partial charge on any atom is -0.439 e. The quantitative estimate of drug-likeness (QED) is 0.746. The third-order valence-electron chi connectivity index (χ3n) is 2.79. The number of H-pyrrole nitrogens is 1. The second kappa shape index (κ2) is 6.40. The molecule has 2 aromatic heterocycles. The van der Waals surface area contributed by atoms with E-state index in [0.29, 0.717) is 22.9 Å². The minimum atomic E-state index is -0.260. The number of amides is 1. The van der Waals surface area contributed by atoms with Crippen LogP contribution in [0.1, 0.15) is 10.4 Å². The molecule has 2 heterocycles. The van der Waals surface area contributed by atoms with Crippen LogP contribution in [0.4, 0.5) is 5.69 Å². The van der Waals surface area contributed by atoms with Crippen LogP contribution in [-0.4, -0.2) is 21.1 Å². The monoisotopic (exact) mass is 358 g/mol. The Morgan fingerprint density at radius 1 is 1.14 bits per heavy atom. The lowest BCUT2D eigenvalue weighted by Crippen LogP contribution is -2.11. The Labute approximate surface area is 134 Å². The zero-order valence-electron chi connectivity index (χ0n) is 11.3. The van der Waals surface area contributed by atoms with Crippen molar-refractivity contribution in [3.63, 3.8) is 0 Å². The highest BCUT2D eigenvalue weighted by molar-refractivity contribution is 9.10. The van der Waals surface area contributed by atoms with Crippen molar-refractivity contribution in [3.8, 4) is 11.6 Å². The highest BCUT2D eigenvalue weighted by Gasteiger charge is 2.08. The standard InChI is InChI=1S/C15H11BrN4O2/c16-11-2-4-13(5-3-11)22-14-6-1-10(7-17-14)15(21)20-12-8-18-19-9-12/h1-9H,(H,18,19)(H,20,21). The summed E-state index contributed by atoms with van der Waals surface area (Å²) in [6, 6.07) is 10.7. The van der Waals surface area contributed by atoms with E-state index in [4.69, 9.17) is 4.74 Å². The van der Waals surface area contributed by atoms with Crippen LogP contribution in [0.3, 0.4) is 0 Å². The maximum atomic E-state index is 12.0. The highest BCUT2D eigenvalue weighted by Crippen LogP contribution is 2.21. The smallest absolute Gasteiger partial charge is 0.257 e. The second-order valence-corrected chi connectivity index (χ2v) is 5.30. The van der Waals surface area contributed by atoms with E-state index < -0.39 is 0 Å². The SMILES string of the molecule is O=C(Nc1cn[nH]c1)c1ccc(Oc2ccc(Br)cc2)nc1. The normalized spacial score (nSPS) is 10.2. The maximum absolute atomic E-state index is 12.0. The van der Waals surface area contributed by atoms with E-state index in [1.807, 2.05) is 24.3 Å². The number of benzene rings is 1. The molecule has 0 aliphatic carbocycles. The Bertz CT molecular complexity index is 755. The molecule has 0 spiro atoms. The summed E-state index contributed by atoms with van der Waals surface area (Å²) in [7, 11) is 0. The molecule has 0 bridgehead atoms. The molecular formula is C15H11BrN4O2. The summed E-state index contributed by atoms with van der Waals surface area (Å²) < 4.78 is 6.57. The van der Waals surface area contributed by atoms with Crippen LogP contribution in [0.2, 0.25) is 0 Å². The Hall–Kier alpha value is -2.67. The Morgan fingerprint density at radius 2 is 1.95 bits per heavy atom. The maximum Gasteiger partial charge on any atom is 0.257 e. The number of aromatic nitrogens is 3. The predicted octanol–water partition coefficient (Wildman–Crippen LogP) is 3.61. The van der Waals surface area contributed by atoms with Gasteiger partial charge >= 0.3 is 0 Å². The molecule has 6 nitrogen and oxygen atoms in total. The number of rotatable bonds is 4. The predicted molar refractivity (Wildman–Crippen MR) is 85.0 cm³/mol. The zero-order valence-corrected chi connectivity index (χ0v) is 12.9. The van der Waals surface area contributed by atoms with E-state index in [9.17, 15) is 4.79 Å². The van der Waals surface area contributed by atoms with E-state index in [1.54, 1.807) is 18.3 Å². The number of carbonyl (C=O) groups is 1. The number of halogens is 1. The fourth-order valence-corrected chi connectivity index (χ4v) is 1.99. The van der Waals surface area contributed by atoms with E-state index in [2.05, 4.69) is 36.4 Å². The van der Waals surface area contributed by atoms with Crippen molar-refractivity contribution in [1.29, 1.82) is 0 Å². The average Bonchev–Trinajstić information content (AvgIpc) is 3.03. The van der Waals surface area contributed by atoms with Crippen LogP contribution >= 0.6 is 15.9 Å². The molecule has 1 aromatic carbocycles. The van der Waals surface area contributed by atoms with Gasteiger partial charge in [-0.25, -0.2) is 4.98 Å². The summed E-state index contributed by atoms with van der Waals surface area (Å²) in [5.74, 6) is 0.831. The number of carbonyl (C=O) groups excluding carboxylic acids is 1. The molecule has 0 fully saturated rings. The second-order valence-electron chi connectivity index (χ2n) is 4.38. The molecule has 0 atom stereocenters. The molecule has 0 saturated heterocycles. The zero-order chi connectivity index (χ0) is 15.4. The van der Waals surface area contributed by atoms with Gasteiger partial charge in [-0.1, -0.05) is 15.9 Å². The number of aromatic amines is 1. The first-order chi connectivity index (χ1) is 10.7. The van der Waals surface area contributed by atoms with Crippen LogP contribution < -0.4 is 10.1 Å². The van der Waals surface area contributed by atoms with Gasteiger partial charge in [0.2, 0.25) is 5.88 Å². The molecule has 22 heavy (non-hydrogen) atoms. The van der Waals surface area contributed by atoms with Crippen LogP contribution in [0, 0.1) is 0 Å². The van der Waals surface area contributed by atoms with Crippen LogP contribution in [0.5, 0.6) is 11.6 Å². The lowest BCUT2D eigenvalue weighted by molar-refractivity contribution is 0.102. The van der Waals surface area contributed by atoms with E-state index in [0.717, 1.165) is 4.47 Å². The van der Waals surface area contributed by atoms with Gasteiger partial charge in [0.25, 0.3) is 5.91 Å². The van der Waals surface area contributed by atoms with Crippen LogP contribution in [-0.2, 0) is 0 Å². The first kappa shape index (κ1) is 14.3. The van der Waals surface area contributed by atoms with Crippen molar-refractivity contribution in [2.45, 2.75) is 0 Å². The molecule has 0 radical (unpaired) electrons. The van der Waals surface area contributed by atoms with E-state index >= 15 is 0 Å². The largest absolute Gasteiger partial charge is 0.439 e. The van der Waals surface area contributed by atoms with Gasteiger partial charge in [-0.15, -0.1) is 0 Å². The Balaban J connectivity index is 1.67. The number of nitrogens with one attached hydrogen (secondary N) is 2. The number of hydrogen-bond acceptors (Lipinski definition) is 4. The molecule has 110 valence electrons. The van der Waals surface area contributed by atoms with Gasteiger partial charge < -0.3 is 10.1 Å². The summed E-state index contributed by atoms with van der Waals surface area (Å²) in [6.07, 6.45) is 4.58. The molecule has 3 rings (SSSR count). The van der Waals surface area contributed by atoms with Crippen molar-refractivity contribution in [3.05, 3.63) is 65.0 Å². The minimum absolute atomic E-state index is 0.260. The highest BCUT2D eigenvalue weighted by atomic mass is 79.9. The van der Waals surface area contributed by atoms with E-state index in [-0.39, 0.29) is 5.91 Å². The molecule has 0 aliphatic heterocycles. The summed E-state index contributed by atoms with van der Waals surface area (Å²) in [5.41, 5.74) is 1.03. The topological polar surface area (TPSA) is 79.9 Å². The number of nitrogens with zero attached hydrogens (tertiary/aromatic N) is 2. The average molecular weight is 359 g/mol. The van der Waals surface area contributed by atoms with Crippen molar-refractivity contribution in [2.75, 3.05) is 5.32 Å². The number of pyridine rings is 1. The molecular weight excluding hydrogens is 348 g/mol. The molecule has 7 heteroatoms. The fourth-order valence-electron chi connectivity index (χ4n) is 1.72. The molecule has 0 saturated carbocycles. The number of hydrogen-bond donors (Lipinski definition) is 2. The molecule has 1 amide bonds. The Kier molecular flexibility index (Phi) is 4.15. The molecule has 0 unspecified atom stereocenters. The molecule has 3 aromatic rings. The molecule has 2 N–H and O–H groups in total. The Morgan fingerprint density at radius 3 is 2.59 bits per heavy atom. The first-order valence-electron chi connectivity index (χ1n) is 6.40. The van der Waals surface area contributed by atoms with Gasteiger partial charge in [0, 0.05) is 22.9 Å². The van der Waals surface area contributed by atoms with Gasteiger partial charge in [0.05, 0.1) is 17.4 Å².